The van der Waals surface area contributed by atoms with Gasteiger partial charge < -0.3 is 9.64 Å². The Hall–Kier alpha value is -4.05. The van der Waals surface area contributed by atoms with E-state index in [9.17, 15) is 19.2 Å². The van der Waals surface area contributed by atoms with Gasteiger partial charge in [-0.15, -0.1) is 11.8 Å². The molecule has 4 rings (SSSR count). The van der Waals surface area contributed by atoms with Gasteiger partial charge in [0.05, 0.1) is 6.54 Å². The lowest BCUT2D eigenvalue weighted by Crippen LogP contribution is -2.57. The number of fused-ring (bicyclic) bond motifs is 1. The fraction of sp³-hybridized carbons (Fsp3) is 0.429. The van der Waals surface area contributed by atoms with Crippen molar-refractivity contribution in [1.82, 2.24) is 20.2 Å². The Morgan fingerprint density at radius 2 is 1.56 bits per heavy atom. The van der Waals surface area contributed by atoms with E-state index in [4.69, 9.17) is 4.74 Å². The van der Waals surface area contributed by atoms with Crippen molar-refractivity contribution < 1.29 is 23.9 Å². The van der Waals surface area contributed by atoms with E-state index in [-0.39, 0.29) is 42.9 Å². The van der Waals surface area contributed by atoms with Crippen LogP contribution in [0.2, 0.25) is 0 Å². The topological polar surface area (TPSA) is 99.3 Å². The number of hydrogen-bond acceptors (Lipinski definition) is 6. The third kappa shape index (κ3) is 8.78. The van der Waals surface area contributed by atoms with Crippen LogP contribution < -0.4 is 5.43 Å². The van der Waals surface area contributed by atoms with Crippen LogP contribution in [-0.4, -0.2) is 81.5 Å². The van der Waals surface area contributed by atoms with Gasteiger partial charge in [-0.3, -0.25) is 29.7 Å². The monoisotopic (exact) mass is 632 g/mol. The molecular weight excluding hydrogens is 588 g/mol. The van der Waals surface area contributed by atoms with Crippen molar-refractivity contribution >= 4 is 46.3 Å². The number of ether oxygens (including phenoxy) is 1. The highest BCUT2D eigenvalue weighted by Gasteiger charge is 2.39. The van der Waals surface area contributed by atoms with E-state index >= 15 is 0 Å². The average Bonchev–Trinajstić information content (AvgIpc) is 3.47. The molecule has 1 aliphatic heterocycles. The molecule has 240 valence electrons. The van der Waals surface area contributed by atoms with Crippen molar-refractivity contribution in [3.05, 3.63) is 83.9 Å². The molecule has 1 heterocycles. The summed E-state index contributed by atoms with van der Waals surface area (Å²) in [4.78, 5) is 55.8. The van der Waals surface area contributed by atoms with E-state index in [1.807, 2.05) is 86.6 Å². The Kier molecular flexibility index (Phi) is 11.1. The lowest BCUT2D eigenvalue weighted by atomic mass is 9.98. The van der Waals surface area contributed by atoms with Crippen LogP contribution in [0, 0.1) is 0 Å². The lowest BCUT2D eigenvalue weighted by Gasteiger charge is -2.36. The van der Waals surface area contributed by atoms with Gasteiger partial charge in [0.15, 0.2) is 4.93 Å². The van der Waals surface area contributed by atoms with E-state index in [2.05, 4.69) is 19.3 Å². The Bertz CT molecular complexity index is 1510. The molecule has 0 bridgehead atoms. The second-order valence-corrected chi connectivity index (χ2v) is 14.1. The van der Waals surface area contributed by atoms with Crippen molar-refractivity contribution in [2.45, 2.75) is 75.6 Å². The van der Waals surface area contributed by atoms with Gasteiger partial charge in [-0.05, 0) is 42.2 Å². The Balaban J connectivity index is 1.66. The first-order valence-electron chi connectivity index (χ1n) is 15.4. The molecule has 4 amide bonds. The third-order valence-corrected chi connectivity index (χ3v) is 9.52. The second-order valence-electron chi connectivity index (χ2n) is 12.0. The molecule has 2 unspecified atom stereocenters. The molecule has 0 saturated carbocycles. The molecule has 1 aliphatic rings. The summed E-state index contributed by atoms with van der Waals surface area (Å²) in [5.74, 6) is -1.04. The summed E-state index contributed by atoms with van der Waals surface area (Å²) in [6.45, 7) is 8.08. The molecule has 10 heteroatoms. The number of rotatable bonds is 12. The fourth-order valence-electron chi connectivity index (χ4n) is 5.42. The van der Waals surface area contributed by atoms with Crippen LogP contribution in [0.4, 0.5) is 4.79 Å². The van der Waals surface area contributed by atoms with Crippen LogP contribution in [0.25, 0.3) is 10.8 Å². The van der Waals surface area contributed by atoms with E-state index < -0.39 is 29.0 Å². The van der Waals surface area contributed by atoms with Gasteiger partial charge in [-0.1, -0.05) is 86.6 Å². The van der Waals surface area contributed by atoms with Crippen molar-refractivity contribution in [3.63, 3.8) is 0 Å². The molecule has 0 aliphatic carbocycles. The second kappa shape index (κ2) is 14.8. The zero-order valence-corrected chi connectivity index (χ0v) is 27.8. The number of benzene rings is 3. The number of hydrogen-bond donors (Lipinski definition) is 1. The maximum atomic E-state index is 14.5. The Labute approximate surface area is 270 Å². The van der Waals surface area contributed by atoms with Gasteiger partial charge in [0.1, 0.15) is 12.1 Å². The minimum absolute atomic E-state index is 0.199. The van der Waals surface area contributed by atoms with Gasteiger partial charge in [-0.25, -0.2) is 4.79 Å². The van der Waals surface area contributed by atoms with Crippen LogP contribution >= 0.6 is 11.8 Å². The number of hydrazine groups is 1. The average molecular weight is 633 g/mol. The van der Waals surface area contributed by atoms with Crippen LogP contribution in [0.15, 0.2) is 72.8 Å². The molecule has 3 atom stereocenters. The minimum atomic E-state index is -0.965. The molecule has 9 nitrogen and oxygen atoms in total. The first-order chi connectivity index (χ1) is 21.4. The highest BCUT2D eigenvalue weighted by molar-refractivity contribution is 8.01. The number of carbonyl (C=O) groups is 4. The van der Waals surface area contributed by atoms with Gasteiger partial charge in [0.25, 0.3) is 5.91 Å². The lowest BCUT2D eigenvalue weighted by molar-refractivity contribution is -0.148. The van der Waals surface area contributed by atoms with Gasteiger partial charge in [-0.2, -0.15) is 0 Å². The predicted molar refractivity (Wildman–Crippen MR) is 178 cm³/mol. The summed E-state index contributed by atoms with van der Waals surface area (Å²) in [6, 6.07) is 21.5. The maximum Gasteiger partial charge on any atom is 0.411 e. The summed E-state index contributed by atoms with van der Waals surface area (Å²) < 4.78 is 5.94. The van der Waals surface area contributed by atoms with Crippen molar-refractivity contribution in [2.75, 3.05) is 20.6 Å². The number of carbonyl (C=O) groups excluding carboxylic acids is 4. The highest BCUT2D eigenvalue weighted by atomic mass is 32.2. The minimum Gasteiger partial charge on any atom is -0.432 e. The molecule has 3 aromatic carbocycles. The van der Waals surface area contributed by atoms with Gasteiger partial charge >= 0.3 is 6.09 Å². The van der Waals surface area contributed by atoms with Crippen LogP contribution in [0.3, 0.4) is 0 Å². The number of nitrogens with one attached hydrogen (secondary N) is 1. The SMILES string of the molecule is CCC(C)SC(C)(C)OC(=O)N(C)[C@H](Cc1ccc2ccccc2c1)C(=O)N(C)C(Cc1ccccc1)C(=O)N1CCC(=O)N1. The summed E-state index contributed by atoms with van der Waals surface area (Å²) >= 11 is 1.55. The van der Waals surface area contributed by atoms with Crippen LogP contribution in [0.1, 0.15) is 51.7 Å². The third-order valence-electron chi connectivity index (χ3n) is 8.14. The highest BCUT2D eigenvalue weighted by Crippen LogP contribution is 2.32. The number of nitrogens with zero attached hydrogens (tertiary/aromatic N) is 3. The predicted octanol–water partition coefficient (Wildman–Crippen LogP) is 5.42. The van der Waals surface area contributed by atoms with Crippen molar-refractivity contribution in [2.24, 2.45) is 0 Å². The number of amides is 4. The summed E-state index contributed by atoms with van der Waals surface area (Å²) in [7, 11) is 3.15. The molecule has 45 heavy (non-hydrogen) atoms. The number of likely N-dealkylation sites (N-methyl/N-ethyl adjacent to an activating group) is 2. The number of thioether (sulfide) groups is 1. The molecule has 0 aromatic heterocycles. The normalized spacial score (nSPS) is 15.2. The largest absolute Gasteiger partial charge is 0.432 e. The van der Waals surface area contributed by atoms with Gasteiger partial charge in [0, 0.05) is 38.6 Å². The van der Waals surface area contributed by atoms with E-state index in [1.54, 1.807) is 25.9 Å². The molecule has 0 radical (unpaired) electrons. The molecule has 1 N–H and O–H groups in total. The van der Waals surface area contributed by atoms with E-state index in [1.165, 1.54) is 14.8 Å². The Morgan fingerprint density at radius 3 is 2.20 bits per heavy atom. The fourth-order valence-corrected chi connectivity index (χ4v) is 6.67. The molecular formula is C35H44N4O5S. The first kappa shape index (κ1) is 33.8. The Morgan fingerprint density at radius 1 is 0.911 bits per heavy atom. The molecule has 1 fully saturated rings. The molecule has 0 spiro atoms. The van der Waals surface area contributed by atoms with Crippen molar-refractivity contribution in [3.8, 4) is 0 Å². The summed E-state index contributed by atoms with van der Waals surface area (Å²) in [5, 5.41) is 3.65. The van der Waals surface area contributed by atoms with Crippen LogP contribution in [0.5, 0.6) is 0 Å². The van der Waals surface area contributed by atoms with Crippen LogP contribution in [-0.2, 0) is 32.0 Å². The first-order valence-corrected chi connectivity index (χ1v) is 16.3. The quantitative estimate of drug-likeness (QED) is 0.268. The maximum absolute atomic E-state index is 14.5. The van der Waals surface area contributed by atoms with Gasteiger partial charge in [0.2, 0.25) is 11.8 Å². The molecule has 1 saturated heterocycles. The molecule has 3 aromatic rings. The summed E-state index contributed by atoms with van der Waals surface area (Å²) in [6.07, 6.45) is 0.949. The zero-order chi connectivity index (χ0) is 32.7. The van der Waals surface area contributed by atoms with E-state index in [0.29, 0.717) is 0 Å². The summed E-state index contributed by atoms with van der Waals surface area (Å²) in [5.41, 5.74) is 4.34. The van der Waals surface area contributed by atoms with E-state index in [0.717, 1.165) is 28.3 Å². The van der Waals surface area contributed by atoms with Crippen molar-refractivity contribution in [1.29, 1.82) is 0 Å². The standard InChI is InChI=1S/C35H44N4O5S/c1-7-24(2)45-35(3,4)44-34(43)38(6)29(23-26-17-18-27-15-11-12-16-28(27)21-26)32(41)37(5)30(22-25-13-9-8-10-14-25)33(42)39-20-19-31(40)36-39/h8-18,21,24,29-30H,7,19-20,22-23H2,1-6H3,(H,36,40)/t24?,29-,30?/m1/s1. The smallest absolute Gasteiger partial charge is 0.411 e. The zero-order valence-electron chi connectivity index (χ0n) is 27.0.